The summed E-state index contributed by atoms with van der Waals surface area (Å²) in [6.07, 6.45) is 0. The molecule has 0 spiro atoms. The first-order valence-electron chi connectivity index (χ1n) is 9.17. The molecule has 0 aliphatic carbocycles. The number of ether oxygens (including phenoxy) is 1. The largest absolute Gasteiger partial charge is 0.504 e. The molecule has 1 heterocycles. The Labute approximate surface area is 183 Å². The monoisotopic (exact) mass is 457 g/mol. The van der Waals surface area contributed by atoms with Gasteiger partial charge in [0.1, 0.15) is 6.61 Å². The highest BCUT2D eigenvalue weighted by atomic mass is 32.2. The van der Waals surface area contributed by atoms with Crippen LogP contribution in [-0.2, 0) is 21.5 Å². The number of benzene rings is 3. The van der Waals surface area contributed by atoms with E-state index in [0.717, 1.165) is 10.2 Å². The highest BCUT2D eigenvalue weighted by Crippen LogP contribution is 2.30. The minimum atomic E-state index is -3.77. The zero-order valence-corrected chi connectivity index (χ0v) is 18.0. The van der Waals surface area contributed by atoms with Crippen LogP contribution in [0.3, 0.4) is 0 Å². The number of hydrogen-bond donors (Lipinski definition) is 3. The van der Waals surface area contributed by atoms with Crippen LogP contribution in [0, 0.1) is 0 Å². The Bertz CT molecular complexity index is 1270. The number of methoxy groups -OCH3 is 1. The zero-order valence-electron chi connectivity index (χ0n) is 16.4. The molecule has 3 aromatic carbocycles. The summed E-state index contributed by atoms with van der Waals surface area (Å²) in [4.78, 5) is 9.80. The highest BCUT2D eigenvalue weighted by molar-refractivity contribution is 7.93. The number of aromatic nitrogens is 1. The molecule has 0 radical (unpaired) electrons. The summed E-state index contributed by atoms with van der Waals surface area (Å²) in [5, 5.41) is 10.4. The van der Waals surface area contributed by atoms with Crippen LogP contribution < -0.4 is 14.9 Å². The molecule has 10 heteroatoms. The summed E-state index contributed by atoms with van der Waals surface area (Å²) in [5.74, 6) is 0.366. The maximum atomic E-state index is 12.7. The molecule has 0 amide bonds. The average Bonchev–Trinajstić information content (AvgIpc) is 3.17. The van der Waals surface area contributed by atoms with Crippen LogP contribution in [0.1, 0.15) is 5.56 Å². The molecular weight excluding hydrogens is 438 g/mol. The molecule has 4 aromatic rings. The van der Waals surface area contributed by atoms with Crippen molar-refractivity contribution in [3.63, 3.8) is 0 Å². The van der Waals surface area contributed by atoms with E-state index in [0.29, 0.717) is 22.1 Å². The fourth-order valence-corrected chi connectivity index (χ4v) is 4.94. The molecule has 1 aromatic heterocycles. The second-order valence-electron chi connectivity index (χ2n) is 6.48. The first-order valence-corrected chi connectivity index (χ1v) is 11.5. The molecule has 31 heavy (non-hydrogen) atoms. The number of fused-ring (bicyclic) bond motifs is 1. The SMILES string of the molecule is COc1cccc(CONc2ccc(S(=O)(=O)Nc3nc4ccccc4s3)cc2)c1O. The number of anilines is 2. The molecule has 0 saturated heterocycles. The van der Waals surface area contributed by atoms with Gasteiger partial charge in [-0.15, -0.1) is 0 Å². The number of aromatic hydroxyl groups is 1. The van der Waals surface area contributed by atoms with E-state index in [2.05, 4.69) is 15.2 Å². The number of hydrogen-bond acceptors (Lipinski definition) is 8. The van der Waals surface area contributed by atoms with Crippen molar-refractivity contribution in [3.05, 3.63) is 72.3 Å². The third-order valence-electron chi connectivity index (χ3n) is 4.40. The smallest absolute Gasteiger partial charge is 0.263 e. The fourth-order valence-electron chi connectivity index (χ4n) is 2.84. The molecule has 0 unspecified atom stereocenters. The number of phenolic OH excluding ortho intramolecular Hbond substituents is 1. The van der Waals surface area contributed by atoms with Crippen molar-refractivity contribution in [2.45, 2.75) is 11.5 Å². The molecule has 0 fully saturated rings. The van der Waals surface area contributed by atoms with Crippen LogP contribution in [0.5, 0.6) is 11.5 Å². The predicted molar refractivity (Wildman–Crippen MR) is 120 cm³/mol. The predicted octanol–water partition coefficient (Wildman–Crippen LogP) is 4.36. The van der Waals surface area contributed by atoms with Gasteiger partial charge in [0.2, 0.25) is 0 Å². The normalized spacial score (nSPS) is 11.4. The van der Waals surface area contributed by atoms with Gasteiger partial charge in [-0.1, -0.05) is 35.6 Å². The lowest BCUT2D eigenvalue weighted by atomic mass is 10.2. The Morgan fingerprint density at radius 1 is 1.03 bits per heavy atom. The van der Waals surface area contributed by atoms with Gasteiger partial charge in [-0.3, -0.25) is 15.0 Å². The van der Waals surface area contributed by atoms with Crippen LogP contribution in [0.15, 0.2) is 71.6 Å². The number of para-hydroxylation sites is 2. The molecule has 0 aliphatic heterocycles. The van der Waals surface area contributed by atoms with Crippen molar-refractivity contribution in [1.29, 1.82) is 0 Å². The van der Waals surface area contributed by atoms with E-state index < -0.39 is 10.0 Å². The number of rotatable bonds is 8. The molecule has 3 N–H and O–H groups in total. The van der Waals surface area contributed by atoms with Gasteiger partial charge < -0.3 is 9.84 Å². The van der Waals surface area contributed by atoms with E-state index >= 15 is 0 Å². The molecule has 0 aliphatic rings. The first-order chi connectivity index (χ1) is 15.0. The lowest BCUT2D eigenvalue weighted by molar-refractivity contribution is 0.177. The average molecular weight is 458 g/mol. The Morgan fingerprint density at radius 2 is 1.81 bits per heavy atom. The van der Waals surface area contributed by atoms with Crippen molar-refractivity contribution in [2.75, 3.05) is 17.3 Å². The number of phenols is 1. The van der Waals surface area contributed by atoms with Crippen molar-refractivity contribution < 1.29 is 23.1 Å². The second-order valence-corrected chi connectivity index (χ2v) is 9.19. The van der Waals surface area contributed by atoms with Gasteiger partial charge in [0.25, 0.3) is 10.0 Å². The van der Waals surface area contributed by atoms with Crippen LogP contribution in [0.2, 0.25) is 0 Å². The van der Waals surface area contributed by atoms with Gasteiger partial charge in [-0.05, 0) is 42.5 Å². The summed E-state index contributed by atoms with van der Waals surface area (Å²) >= 11 is 1.27. The second kappa shape index (κ2) is 8.80. The van der Waals surface area contributed by atoms with Crippen molar-refractivity contribution >= 4 is 42.4 Å². The van der Waals surface area contributed by atoms with Gasteiger partial charge in [-0.2, -0.15) is 0 Å². The zero-order chi connectivity index (χ0) is 21.8. The van der Waals surface area contributed by atoms with E-state index in [-0.39, 0.29) is 17.3 Å². The maximum Gasteiger partial charge on any atom is 0.263 e. The van der Waals surface area contributed by atoms with Crippen molar-refractivity contribution in [3.8, 4) is 11.5 Å². The maximum absolute atomic E-state index is 12.7. The topological polar surface area (TPSA) is 110 Å². The Balaban J connectivity index is 1.39. The van der Waals surface area contributed by atoms with Gasteiger partial charge in [0.05, 0.1) is 27.9 Å². The first kappa shape index (κ1) is 20.9. The lowest BCUT2D eigenvalue weighted by Crippen LogP contribution is -2.12. The molecule has 4 rings (SSSR count). The Kier molecular flexibility index (Phi) is 5.94. The summed E-state index contributed by atoms with van der Waals surface area (Å²) in [6.45, 7) is 0.0856. The van der Waals surface area contributed by atoms with E-state index in [1.165, 1.54) is 30.6 Å². The molecule has 0 atom stereocenters. The summed E-state index contributed by atoms with van der Waals surface area (Å²) in [5.41, 5.74) is 4.57. The fraction of sp³-hybridized carbons (Fsp3) is 0.0952. The molecular formula is C21H19N3O5S2. The number of nitrogens with zero attached hydrogens (tertiary/aromatic N) is 1. The Hall–Kier alpha value is -3.34. The molecule has 8 nitrogen and oxygen atoms in total. The Morgan fingerprint density at radius 3 is 2.55 bits per heavy atom. The quantitative estimate of drug-likeness (QED) is 0.337. The van der Waals surface area contributed by atoms with Gasteiger partial charge in [-0.25, -0.2) is 13.4 Å². The van der Waals surface area contributed by atoms with E-state index in [1.54, 1.807) is 30.3 Å². The summed E-state index contributed by atoms with van der Waals surface area (Å²) < 4.78 is 33.8. The van der Waals surface area contributed by atoms with Crippen LogP contribution >= 0.6 is 11.3 Å². The number of nitrogens with one attached hydrogen (secondary N) is 2. The van der Waals surface area contributed by atoms with Gasteiger partial charge in [0.15, 0.2) is 16.6 Å². The standard InChI is InChI=1S/C21H19N3O5S2/c1-28-18-7-4-5-14(20(18)25)13-29-23-15-9-11-16(12-10-15)31(26,27)24-21-22-17-6-2-3-8-19(17)30-21/h2-12,23,25H,13H2,1H3,(H,22,24). The molecule has 0 bridgehead atoms. The lowest BCUT2D eigenvalue weighted by Gasteiger charge is -2.11. The summed E-state index contributed by atoms with van der Waals surface area (Å²) in [7, 11) is -2.30. The van der Waals surface area contributed by atoms with E-state index in [9.17, 15) is 13.5 Å². The van der Waals surface area contributed by atoms with Crippen LogP contribution in [0.25, 0.3) is 10.2 Å². The molecule has 160 valence electrons. The third kappa shape index (κ3) is 4.71. The van der Waals surface area contributed by atoms with Crippen molar-refractivity contribution in [2.24, 2.45) is 0 Å². The number of sulfonamides is 1. The van der Waals surface area contributed by atoms with Crippen LogP contribution in [0.4, 0.5) is 10.8 Å². The van der Waals surface area contributed by atoms with Crippen molar-refractivity contribution in [1.82, 2.24) is 4.98 Å². The van der Waals surface area contributed by atoms with Gasteiger partial charge >= 0.3 is 0 Å². The van der Waals surface area contributed by atoms with Gasteiger partial charge in [0, 0.05) is 5.56 Å². The third-order valence-corrected chi connectivity index (χ3v) is 6.84. The number of thiazole rings is 1. The van der Waals surface area contributed by atoms with Crippen LogP contribution in [-0.4, -0.2) is 25.6 Å². The minimum Gasteiger partial charge on any atom is -0.504 e. The minimum absolute atomic E-state index is 0.00848. The van der Waals surface area contributed by atoms with E-state index in [1.807, 2.05) is 24.3 Å². The summed E-state index contributed by atoms with van der Waals surface area (Å²) in [6, 6.07) is 18.6. The molecule has 0 saturated carbocycles. The van der Waals surface area contributed by atoms with E-state index in [4.69, 9.17) is 9.57 Å². The highest BCUT2D eigenvalue weighted by Gasteiger charge is 2.16.